The van der Waals surface area contributed by atoms with Gasteiger partial charge in [-0.05, 0) is 101 Å². The van der Waals surface area contributed by atoms with Crippen molar-refractivity contribution in [3.63, 3.8) is 0 Å². The van der Waals surface area contributed by atoms with Crippen LogP contribution >= 0.6 is 11.8 Å². The lowest BCUT2D eigenvalue weighted by Crippen LogP contribution is -2.06. The third kappa shape index (κ3) is 12.8. The van der Waals surface area contributed by atoms with Gasteiger partial charge in [-0.2, -0.15) is 21.5 Å². The monoisotopic (exact) mass is 590 g/mol. The summed E-state index contributed by atoms with van der Waals surface area (Å²) < 4.78 is 12.1. The SMILES string of the molecule is CCCOOc1c(CCCCSCCCCc2ccc(C)c(OCCC)c2OOCCC)ccc(C)c1OCCC. The van der Waals surface area contributed by atoms with Gasteiger partial charge in [-0.25, -0.2) is 0 Å². The Kier molecular flexibility index (Phi) is 18.5. The molecule has 0 aromatic heterocycles. The summed E-state index contributed by atoms with van der Waals surface area (Å²) in [7, 11) is 0. The normalized spacial score (nSPS) is 11.1. The van der Waals surface area contributed by atoms with E-state index in [1.165, 1.54) is 12.8 Å². The third-order valence-corrected chi connectivity index (χ3v) is 7.67. The molecule has 0 aliphatic carbocycles. The Morgan fingerprint density at radius 3 is 1.32 bits per heavy atom. The number of hydrogen-bond acceptors (Lipinski definition) is 7. The number of ether oxygens (including phenoxy) is 2. The van der Waals surface area contributed by atoms with Crippen LogP contribution in [-0.2, 0) is 22.6 Å². The zero-order valence-corrected chi connectivity index (χ0v) is 27.3. The minimum absolute atomic E-state index is 0.565. The first kappa shape index (κ1) is 35.1. The van der Waals surface area contributed by atoms with Gasteiger partial charge in [-0.3, -0.25) is 0 Å². The van der Waals surface area contributed by atoms with Crippen LogP contribution in [0.2, 0.25) is 0 Å². The van der Waals surface area contributed by atoms with E-state index in [0.717, 1.165) is 108 Å². The number of thioether (sulfide) groups is 1. The predicted octanol–water partition coefficient (Wildman–Crippen LogP) is 9.40. The summed E-state index contributed by atoms with van der Waals surface area (Å²) in [6.45, 7) is 15.0. The highest BCUT2D eigenvalue weighted by Crippen LogP contribution is 2.37. The lowest BCUT2D eigenvalue weighted by molar-refractivity contribution is -0.208. The first-order valence-electron chi connectivity index (χ1n) is 15.7. The molecule has 0 unspecified atom stereocenters. The summed E-state index contributed by atoms with van der Waals surface area (Å²) in [5, 5.41) is 0. The fourth-order valence-corrected chi connectivity index (χ4v) is 5.28. The van der Waals surface area contributed by atoms with E-state index in [4.69, 9.17) is 29.0 Å². The van der Waals surface area contributed by atoms with E-state index in [9.17, 15) is 0 Å². The molecule has 0 aliphatic heterocycles. The maximum atomic E-state index is 6.03. The maximum absolute atomic E-state index is 6.03. The standard InChI is InChI=1S/C34H54O6S/c1-7-21-35-31-27(5)17-19-29(33(31)39-37-23-9-3)15-11-13-25-41-26-14-12-16-30-20-18-28(6)32(36-22-8-2)34(30)40-38-24-10-4/h17-20H,7-16,21-26H2,1-6H3. The van der Waals surface area contributed by atoms with Gasteiger partial charge in [0.25, 0.3) is 0 Å². The summed E-state index contributed by atoms with van der Waals surface area (Å²) in [6, 6.07) is 8.56. The van der Waals surface area contributed by atoms with E-state index < -0.39 is 0 Å². The van der Waals surface area contributed by atoms with E-state index in [1.807, 2.05) is 11.8 Å². The number of unbranched alkanes of at least 4 members (excludes halogenated alkanes) is 2. The molecule has 0 spiro atoms. The molecule has 232 valence electrons. The van der Waals surface area contributed by atoms with Crippen molar-refractivity contribution < 1.29 is 29.0 Å². The van der Waals surface area contributed by atoms with Crippen LogP contribution in [0.25, 0.3) is 0 Å². The van der Waals surface area contributed by atoms with Crippen molar-refractivity contribution in [1.82, 2.24) is 0 Å². The molecule has 0 saturated carbocycles. The topological polar surface area (TPSA) is 55.4 Å². The first-order chi connectivity index (χ1) is 20.1. The largest absolute Gasteiger partial charge is 0.489 e. The van der Waals surface area contributed by atoms with Gasteiger partial charge in [0.1, 0.15) is 0 Å². The highest BCUT2D eigenvalue weighted by Gasteiger charge is 2.17. The van der Waals surface area contributed by atoms with Crippen molar-refractivity contribution in [2.24, 2.45) is 0 Å². The van der Waals surface area contributed by atoms with Gasteiger partial charge >= 0.3 is 0 Å². The molecule has 2 rings (SSSR count). The molecule has 0 bridgehead atoms. The van der Waals surface area contributed by atoms with E-state index in [0.29, 0.717) is 26.4 Å². The van der Waals surface area contributed by atoms with Crippen molar-refractivity contribution >= 4 is 11.8 Å². The van der Waals surface area contributed by atoms with Gasteiger partial charge in [0, 0.05) is 11.1 Å². The van der Waals surface area contributed by atoms with Gasteiger partial charge in [0.05, 0.1) is 26.4 Å². The molecule has 0 saturated heterocycles. The number of aryl methyl sites for hydroxylation is 4. The molecule has 0 aliphatic rings. The van der Waals surface area contributed by atoms with Crippen molar-refractivity contribution in [2.75, 3.05) is 37.9 Å². The Hall–Kier alpha value is -2.09. The van der Waals surface area contributed by atoms with Crippen LogP contribution in [0.15, 0.2) is 24.3 Å². The van der Waals surface area contributed by atoms with Gasteiger partial charge in [0.2, 0.25) is 11.5 Å². The van der Waals surface area contributed by atoms with Crippen molar-refractivity contribution in [1.29, 1.82) is 0 Å². The van der Waals surface area contributed by atoms with Crippen molar-refractivity contribution in [2.45, 2.75) is 106 Å². The number of rotatable bonds is 24. The summed E-state index contributed by atoms with van der Waals surface area (Å²) in [5.74, 6) is 5.46. The van der Waals surface area contributed by atoms with Gasteiger partial charge in [-0.1, -0.05) is 52.0 Å². The van der Waals surface area contributed by atoms with Crippen LogP contribution in [0.5, 0.6) is 23.0 Å². The van der Waals surface area contributed by atoms with Crippen molar-refractivity contribution in [3.8, 4) is 23.0 Å². The Bertz CT molecular complexity index is 903. The molecular formula is C34H54O6S. The second kappa shape index (κ2) is 21.6. The summed E-state index contributed by atoms with van der Waals surface area (Å²) in [6.07, 6.45) is 10.2. The van der Waals surface area contributed by atoms with E-state index >= 15 is 0 Å². The fraction of sp³-hybridized carbons (Fsp3) is 0.647. The molecule has 2 aromatic rings. The Balaban J connectivity index is 1.79. The van der Waals surface area contributed by atoms with Gasteiger partial charge < -0.3 is 19.2 Å². The number of benzene rings is 2. The molecule has 7 heteroatoms. The summed E-state index contributed by atoms with van der Waals surface area (Å²) in [4.78, 5) is 22.4. The zero-order chi connectivity index (χ0) is 29.7. The summed E-state index contributed by atoms with van der Waals surface area (Å²) >= 11 is 2.04. The average molecular weight is 591 g/mol. The molecule has 0 fully saturated rings. The fourth-order valence-electron chi connectivity index (χ4n) is 4.26. The van der Waals surface area contributed by atoms with Crippen LogP contribution in [0.1, 0.15) is 101 Å². The quantitative estimate of drug-likeness (QED) is 0.0686. The maximum Gasteiger partial charge on any atom is 0.210 e. The second-order valence-corrected chi connectivity index (χ2v) is 11.7. The Morgan fingerprint density at radius 1 is 0.512 bits per heavy atom. The van der Waals surface area contributed by atoms with Crippen LogP contribution in [0.4, 0.5) is 0 Å². The van der Waals surface area contributed by atoms with Crippen molar-refractivity contribution in [3.05, 3.63) is 46.5 Å². The molecular weight excluding hydrogens is 536 g/mol. The molecule has 0 amide bonds. The average Bonchev–Trinajstić information content (AvgIpc) is 2.97. The molecule has 0 atom stereocenters. The highest BCUT2D eigenvalue weighted by atomic mass is 32.2. The number of hydrogen-bond donors (Lipinski definition) is 0. The van der Waals surface area contributed by atoms with Crippen LogP contribution in [0.3, 0.4) is 0 Å². The van der Waals surface area contributed by atoms with E-state index in [2.05, 4.69) is 65.8 Å². The summed E-state index contributed by atoms with van der Waals surface area (Å²) in [5.41, 5.74) is 4.47. The second-order valence-electron chi connectivity index (χ2n) is 10.4. The van der Waals surface area contributed by atoms with E-state index in [1.54, 1.807) is 0 Å². The zero-order valence-electron chi connectivity index (χ0n) is 26.5. The Morgan fingerprint density at radius 2 is 0.927 bits per heavy atom. The van der Waals surface area contributed by atoms with Crippen LogP contribution in [0, 0.1) is 13.8 Å². The third-order valence-electron chi connectivity index (χ3n) is 6.51. The minimum Gasteiger partial charge on any atom is -0.489 e. The molecule has 0 radical (unpaired) electrons. The van der Waals surface area contributed by atoms with Crippen LogP contribution < -0.4 is 19.2 Å². The first-order valence-corrected chi connectivity index (χ1v) is 16.9. The lowest BCUT2D eigenvalue weighted by atomic mass is 10.0. The lowest BCUT2D eigenvalue weighted by Gasteiger charge is -2.17. The molecule has 6 nitrogen and oxygen atoms in total. The molecule has 41 heavy (non-hydrogen) atoms. The Labute approximate surface area is 253 Å². The molecule has 0 N–H and O–H groups in total. The van der Waals surface area contributed by atoms with Gasteiger partial charge in [-0.15, -0.1) is 0 Å². The van der Waals surface area contributed by atoms with Gasteiger partial charge in [0.15, 0.2) is 11.5 Å². The van der Waals surface area contributed by atoms with Crippen LogP contribution in [-0.4, -0.2) is 37.9 Å². The molecule has 2 aromatic carbocycles. The minimum atomic E-state index is 0.565. The predicted molar refractivity (Wildman–Crippen MR) is 171 cm³/mol. The smallest absolute Gasteiger partial charge is 0.210 e. The highest BCUT2D eigenvalue weighted by molar-refractivity contribution is 7.99. The molecule has 0 heterocycles. The van der Waals surface area contributed by atoms with E-state index in [-0.39, 0.29) is 0 Å².